The molecule has 0 aromatic heterocycles. The van der Waals surface area contributed by atoms with Crippen LogP contribution in [0.15, 0.2) is 25.3 Å². The van der Waals surface area contributed by atoms with Gasteiger partial charge < -0.3 is 31.0 Å². The largest absolute Gasteiger partial charge is 1.00 e. The van der Waals surface area contributed by atoms with Gasteiger partial charge in [0, 0.05) is 0 Å². The van der Waals surface area contributed by atoms with E-state index in [0.29, 0.717) is 0 Å². The van der Waals surface area contributed by atoms with Crippen molar-refractivity contribution in [3.63, 3.8) is 0 Å². The van der Waals surface area contributed by atoms with E-state index in [1.807, 2.05) is 0 Å². The molecule has 0 spiro atoms. The summed E-state index contributed by atoms with van der Waals surface area (Å²) in [5, 5.41) is 28.7. The van der Waals surface area contributed by atoms with E-state index in [2.05, 4.69) is 13.2 Å². The van der Waals surface area contributed by atoms with Crippen molar-refractivity contribution >= 4 is 0 Å². The van der Waals surface area contributed by atoms with Crippen LogP contribution in [0.5, 0.6) is 0 Å². The van der Waals surface area contributed by atoms with Crippen LogP contribution in [-0.4, -0.2) is 65.8 Å². The molecular weight excluding hydrogens is 263 g/mol. The van der Waals surface area contributed by atoms with Gasteiger partial charge in [-0.25, -0.2) is 0 Å². The van der Waals surface area contributed by atoms with Crippen molar-refractivity contribution in [3.05, 3.63) is 25.3 Å². The van der Waals surface area contributed by atoms with Gasteiger partial charge in [0.15, 0.2) is 6.29 Å². The first kappa shape index (κ1) is 19.2. The summed E-state index contributed by atoms with van der Waals surface area (Å²) in [5.41, 5.74) is 0. The van der Waals surface area contributed by atoms with E-state index in [-0.39, 0.29) is 44.2 Å². The quantitative estimate of drug-likeness (QED) is 0.330. The summed E-state index contributed by atoms with van der Waals surface area (Å²) in [6.07, 6.45) is -2.02. The fourth-order valence-corrected chi connectivity index (χ4v) is 1.71. The molecule has 1 rings (SSSR count). The van der Waals surface area contributed by atoms with Gasteiger partial charge in [0.1, 0.15) is 24.4 Å². The molecule has 7 heteroatoms. The van der Waals surface area contributed by atoms with Gasteiger partial charge in [-0.05, 0) is 0 Å². The number of aliphatic hydroxyl groups excluding tert-OH is 3. The zero-order valence-electron chi connectivity index (χ0n) is 12.1. The van der Waals surface area contributed by atoms with E-state index in [0.717, 1.165) is 0 Å². The van der Waals surface area contributed by atoms with Gasteiger partial charge in [0.25, 0.3) is 0 Å². The molecule has 5 atom stereocenters. The minimum Gasteiger partial charge on any atom is -1.00 e. The Kier molecular flexibility index (Phi) is 10.2. The van der Waals surface area contributed by atoms with Crippen LogP contribution in [0.25, 0.3) is 0 Å². The van der Waals surface area contributed by atoms with Crippen LogP contribution >= 0.6 is 0 Å². The second-order valence-corrected chi connectivity index (χ2v) is 3.92. The molecule has 106 valence electrons. The van der Waals surface area contributed by atoms with Gasteiger partial charge in [-0.3, -0.25) is 0 Å². The molecule has 1 unspecified atom stereocenters. The Bertz CT molecular complexity index is 281. The smallest absolute Gasteiger partial charge is 1.00 e. The number of hydrogen-bond donors (Lipinski definition) is 3. The summed E-state index contributed by atoms with van der Waals surface area (Å²) in [6.45, 7) is 6.99. The molecule has 0 aromatic carbocycles. The third kappa shape index (κ3) is 5.26. The summed E-state index contributed by atoms with van der Waals surface area (Å²) < 4.78 is 16.0. The summed E-state index contributed by atoms with van der Waals surface area (Å²) in [5.74, 6) is 0. The van der Waals surface area contributed by atoms with Crippen LogP contribution in [-0.2, 0) is 14.2 Å². The predicted octanol–water partition coefficient (Wildman–Crippen LogP) is -3.68. The Hall–Kier alpha value is 0.240. The zero-order valence-corrected chi connectivity index (χ0v) is 13.1. The third-order valence-corrected chi connectivity index (χ3v) is 2.61. The first-order valence-corrected chi connectivity index (χ1v) is 5.73. The molecule has 1 saturated heterocycles. The number of hydrogen-bond acceptors (Lipinski definition) is 6. The van der Waals surface area contributed by atoms with Gasteiger partial charge >= 0.3 is 29.6 Å². The molecule has 0 aromatic rings. The Labute approximate surface area is 136 Å². The van der Waals surface area contributed by atoms with Gasteiger partial charge in [-0.1, -0.05) is 12.2 Å². The number of aliphatic hydroxyl groups is 3. The molecule has 1 fully saturated rings. The van der Waals surface area contributed by atoms with Crippen molar-refractivity contribution < 1.29 is 60.5 Å². The Morgan fingerprint density at radius 2 is 1.68 bits per heavy atom. The van der Waals surface area contributed by atoms with E-state index < -0.39 is 37.3 Å². The van der Waals surface area contributed by atoms with Crippen LogP contribution < -0.4 is 29.6 Å². The minimum atomic E-state index is -1.23. The monoisotopic (exact) mass is 284 g/mol. The fourth-order valence-electron chi connectivity index (χ4n) is 1.71. The van der Waals surface area contributed by atoms with Gasteiger partial charge in [0.05, 0.1) is 19.8 Å². The molecule has 3 N–H and O–H groups in total. The Balaban J connectivity index is 0. The molecule has 0 saturated carbocycles. The molecule has 0 aliphatic carbocycles. The molecule has 1 aliphatic rings. The van der Waals surface area contributed by atoms with Crippen LogP contribution in [0.1, 0.15) is 1.43 Å². The predicted molar refractivity (Wildman–Crippen MR) is 65.0 cm³/mol. The fraction of sp³-hybridized carbons (Fsp3) is 0.667. The first-order chi connectivity index (χ1) is 8.65. The summed E-state index contributed by atoms with van der Waals surface area (Å²) >= 11 is 0. The average Bonchev–Trinajstić information content (AvgIpc) is 2.39. The molecule has 0 radical (unpaired) electrons. The van der Waals surface area contributed by atoms with Crippen molar-refractivity contribution in [1.29, 1.82) is 0 Å². The van der Waals surface area contributed by atoms with Gasteiger partial charge in [-0.15, -0.1) is 13.2 Å². The van der Waals surface area contributed by atoms with E-state index in [9.17, 15) is 10.2 Å². The molecule has 6 nitrogen and oxygen atoms in total. The SMILES string of the molecule is C=CCOC1O[C@H](CO)[C@@H](O)[C@H](O)[C@H]1OCC=C.[H-].[Na+]. The van der Waals surface area contributed by atoms with Crippen molar-refractivity contribution in [3.8, 4) is 0 Å². The van der Waals surface area contributed by atoms with E-state index in [1.54, 1.807) is 0 Å². The number of rotatable bonds is 7. The summed E-state index contributed by atoms with van der Waals surface area (Å²) in [4.78, 5) is 0. The standard InChI is InChI=1S/C12H20O6.Na.H/c1-3-5-16-11-10(15)9(14)8(7-13)18-12(11)17-6-4-2;;/h3-4,8-15H,1-2,5-7H2;;/q;+1;-1/t8-,9-,10+,11-,12?;;/m1../s1. The average molecular weight is 284 g/mol. The maximum Gasteiger partial charge on any atom is 1.00 e. The van der Waals surface area contributed by atoms with Crippen molar-refractivity contribution in [2.45, 2.75) is 30.7 Å². The minimum absolute atomic E-state index is 0. The second-order valence-electron chi connectivity index (χ2n) is 3.92. The zero-order chi connectivity index (χ0) is 13.5. The number of ether oxygens (including phenoxy) is 3. The Morgan fingerprint density at radius 1 is 1.11 bits per heavy atom. The van der Waals surface area contributed by atoms with Gasteiger partial charge in [0.2, 0.25) is 0 Å². The third-order valence-electron chi connectivity index (χ3n) is 2.61. The molecular formula is C12H21NaO6. The maximum atomic E-state index is 9.93. The van der Waals surface area contributed by atoms with Gasteiger partial charge in [-0.2, -0.15) is 0 Å². The molecule has 1 aliphatic heterocycles. The molecule has 19 heavy (non-hydrogen) atoms. The van der Waals surface area contributed by atoms with Crippen molar-refractivity contribution in [2.24, 2.45) is 0 Å². The van der Waals surface area contributed by atoms with Crippen molar-refractivity contribution in [1.82, 2.24) is 0 Å². The Morgan fingerprint density at radius 3 is 2.21 bits per heavy atom. The molecule has 0 amide bonds. The first-order valence-electron chi connectivity index (χ1n) is 5.73. The molecule has 1 heterocycles. The van der Waals surface area contributed by atoms with Crippen LogP contribution in [0, 0.1) is 0 Å². The van der Waals surface area contributed by atoms with E-state index in [4.69, 9.17) is 19.3 Å². The molecule has 0 bridgehead atoms. The normalized spacial score (nSPS) is 34.4. The van der Waals surface area contributed by atoms with Crippen molar-refractivity contribution in [2.75, 3.05) is 19.8 Å². The van der Waals surface area contributed by atoms with Crippen LogP contribution in [0.3, 0.4) is 0 Å². The van der Waals surface area contributed by atoms with Crippen LogP contribution in [0.4, 0.5) is 0 Å². The van der Waals surface area contributed by atoms with Crippen LogP contribution in [0.2, 0.25) is 0 Å². The topological polar surface area (TPSA) is 88.4 Å². The van der Waals surface area contributed by atoms with E-state index in [1.165, 1.54) is 12.2 Å². The maximum absolute atomic E-state index is 9.93. The summed E-state index contributed by atoms with van der Waals surface area (Å²) in [7, 11) is 0. The summed E-state index contributed by atoms with van der Waals surface area (Å²) in [6, 6.07) is 0. The second kappa shape index (κ2) is 10.0. The van der Waals surface area contributed by atoms with E-state index >= 15 is 0 Å².